The third kappa shape index (κ3) is 2.74. The Hall–Kier alpha value is -2.17. The molecule has 0 aliphatic rings. The summed E-state index contributed by atoms with van der Waals surface area (Å²) in [6.07, 6.45) is 1.93. The summed E-state index contributed by atoms with van der Waals surface area (Å²) in [5.41, 5.74) is 1.12. The maximum Gasteiger partial charge on any atom is 0.240 e. The van der Waals surface area contributed by atoms with Crippen LogP contribution in [0.3, 0.4) is 0 Å². The summed E-state index contributed by atoms with van der Waals surface area (Å²) in [6, 6.07) is 6.67. The number of hydrogen-bond donors (Lipinski definition) is 0. The quantitative estimate of drug-likeness (QED) is 0.276. The molecule has 0 radical (unpaired) electrons. The Morgan fingerprint density at radius 3 is 2.92 bits per heavy atom. The molecule has 1 aromatic rings. The number of carbonyl (C=O) groups excluding carboxylic acids is 2. The summed E-state index contributed by atoms with van der Waals surface area (Å²) in [5, 5.41) is 0. The molecule has 3 heteroatoms. The van der Waals surface area contributed by atoms with E-state index in [1.165, 1.54) is 6.08 Å². The summed E-state index contributed by atoms with van der Waals surface area (Å²) in [5.74, 6) is 4.85. The third-order valence-electron chi connectivity index (χ3n) is 1.30. The number of aldehydes is 1. The highest BCUT2D eigenvalue weighted by atomic mass is 16.1. The van der Waals surface area contributed by atoms with Gasteiger partial charge in [0.05, 0.1) is 5.69 Å². The van der Waals surface area contributed by atoms with Crippen LogP contribution in [-0.4, -0.2) is 12.4 Å². The molecule has 1 rings (SSSR count). The molecule has 0 heterocycles. The smallest absolute Gasteiger partial charge is 0.240 e. The summed E-state index contributed by atoms with van der Waals surface area (Å²) in [6.45, 7) is 0. The average molecular weight is 171 g/mol. The molecule has 3 nitrogen and oxygen atoms in total. The van der Waals surface area contributed by atoms with E-state index in [-0.39, 0.29) is 0 Å². The van der Waals surface area contributed by atoms with Gasteiger partial charge in [-0.05, 0) is 24.1 Å². The molecule has 1 aromatic carbocycles. The summed E-state index contributed by atoms with van der Waals surface area (Å²) < 4.78 is 0. The highest BCUT2D eigenvalue weighted by Gasteiger charge is 1.89. The first-order valence-electron chi connectivity index (χ1n) is 3.50. The van der Waals surface area contributed by atoms with Crippen LogP contribution in [0.5, 0.6) is 0 Å². The van der Waals surface area contributed by atoms with Crippen LogP contribution in [0.25, 0.3) is 0 Å². The molecule has 0 spiro atoms. The van der Waals surface area contributed by atoms with E-state index in [1.807, 2.05) is 0 Å². The van der Waals surface area contributed by atoms with Gasteiger partial charge in [-0.1, -0.05) is 12.0 Å². The number of nitrogens with zero attached hydrogens (tertiary/aromatic N) is 1. The lowest BCUT2D eigenvalue weighted by molar-refractivity contribution is -0.103. The Balaban J connectivity index is 3.04. The molecule has 62 valence electrons. The average Bonchev–Trinajstić information content (AvgIpc) is 2.16. The zero-order valence-electron chi connectivity index (χ0n) is 6.65. The Morgan fingerprint density at radius 2 is 2.23 bits per heavy atom. The summed E-state index contributed by atoms with van der Waals surface area (Å²) in [7, 11) is 0. The highest BCUT2D eigenvalue weighted by molar-refractivity contribution is 5.74. The van der Waals surface area contributed by atoms with E-state index >= 15 is 0 Å². The molecule has 0 aliphatic carbocycles. The second kappa shape index (κ2) is 4.66. The molecular formula is C10H5NO2. The van der Waals surface area contributed by atoms with Crippen molar-refractivity contribution < 1.29 is 9.59 Å². The van der Waals surface area contributed by atoms with E-state index in [0.29, 0.717) is 17.5 Å². The molecule has 0 N–H and O–H groups in total. The minimum absolute atomic E-state index is 0.479. The fraction of sp³-hybridized carbons (Fsp3) is 0. The van der Waals surface area contributed by atoms with E-state index in [4.69, 9.17) is 0 Å². The van der Waals surface area contributed by atoms with Crippen molar-refractivity contribution in [1.82, 2.24) is 0 Å². The lowest BCUT2D eigenvalue weighted by Crippen LogP contribution is -1.73. The van der Waals surface area contributed by atoms with Gasteiger partial charge < -0.3 is 0 Å². The molecule has 0 saturated carbocycles. The molecule has 0 aliphatic heterocycles. The SMILES string of the molecule is O=C=Nc1cccc(C#CC=O)c1. The molecule has 0 unspecified atom stereocenters. The molecule has 0 fully saturated rings. The van der Waals surface area contributed by atoms with Crippen molar-refractivity contribution in [3.05, 3.63) is 29.8 Å². The van der Waals surface area contributed by atoms with Crippen molar-refractivity contribution in [1.29, 1.82) is 0 Å². The third-order valence-corrected chi connectivity index (χ3v) is 1.30. The highest BCUT2D eigenvalue weighted by Crippen LogP contribution is 2.11. The largest absolute Gasteiger partial charge is 0.289 e. The van der Waals surface area contributed by atoms with Gasteiger partial charge >= 0.3 is 0 Å². The van der Waals surface area contributed by atoms with Gasteiger partial charge in [-0.3, -0.25) is 4.79 Å². The number of isocyanates is 1. The van der Waals surface area contributed by atoms with Crippen LogP contribution in [0, 0.1) is 11.8 Å². The second-order valence-electron chi connectivity index (χ2n) is 2.14. The van der Waals surface area contributed by atoms with Crippen LogP contribution in [-0.2, 0) is 9.59 Å². The maximum atomic E-state index is 9.93. The molecule has 13 heavy (non-hydrogen) atoms. The molecular weight excluding hydrogens is 166 g/mol. The van der Waals surface area contributed by atoms with Crippen molar-refractivity contribution in [2.45, 2.75) is 0 Å². The van der Waals surface area contributed by atoms with Gasteiger partial charge in [0.25, 0.3) is 0 Å². The predicted octanol–water partition coefficient (Wildman–Crippen LogP) is 1.20. The van der Waals surface area contributed by atoms with Gasteiger partial charge in [0.1, 0.15) is 0 Å². The molecule has 0 saturated heterocycles. The number of rotatable bonds is 1. The van der Waals surface area contributed by atoms with Gasteiger partial charge in [-0.15, -0.1) is 0 Å². The number of benzene rings is 1. The van der Waals surface area contributed by atoms with Gasteiger partial charge in [-0.2, -0.15) is 4.99 Å². The minimum atomic E-state index is 0.479. The van der Waals surface area contributed by atoms with Gasteiger partial charge in [0, 0.05) is 5.56 Å². The van der Waals surface area contributed by atoms with E-state index in [1.54, 1.807) is 24.3 Å². The standard InChI is InChI=1S/C10H5NO2/c12-6-2-4-9-3-1-5-10(7-9)11-8-13/h1,3,5-7H. The fourth-order valence-electron chi connectivity index (χ4n) is 0.819. The van der Waals surface area contributed by atoms with Gasteiger partial charge in [0.15, 0.2) is 6.29 Å². The van der Waals surface area contributed by atoms with Crippen LogP contribution in [0.15, 0.2) is 29.3 Å². The van der Waals surface area contributed by atoms with Gasteiger partial charge in [0.2, 0.25) is 6.08 Å². The molecule has 0 amide bonds. The molecule has 0 atom stereocenters. The first kappa shape index (κ1) is 8.92. The van der Waals surface area contributed by atoms with Crippen molar-refractivity contribution in [3.8, 4) is 11.8 Å². The fourth-order valence-corrected chi connectivity index (χ4v) is 0.819. The summed E-state index contributed by atoms with van der Waals surface area (Å²) in [4.78, 5) is 23.3. The Morgan fingerprint density at radius 1 is 1.38 bits per heavy atom. The van der Waals surface area contributed by atoms with Crippen LogP contribution >= 0.6 is 0 Å². The predicted molar refractivity (Wildman–Crippen MR) is 47.2 cm³/mol. The zero-order valence-corrected chi connectivity index (χ0v) is 6.65. The van der Waals surface area contributed by atoms with E-state index < -0.39 is 0 Å². The van der Waals surface area contributed by atoms with Crippen LogP contribution in [0.1, 0.15) is 5.56 Å². The first-order chi connectivity index (χ1) is 6.36. The number of hydrogen-bond acceptors (Lipinski definition) is 3. The lowest BCUT2D eigenvalue weighted by Gasteiger charge is -1.90. The van der Waals surface area contributed by atoms with E-state index in [0.717, 1.165) is 0 Å². The summed E-state index contributed by atoms with van der Waals surface area (Å²) >= 11 is 0. The molecule has 0 bridgehead atoms. The second-order valence-corrected chi connectivity index (χ2v) is 2.14. The van der Waals surface area contributed by atoms with E-state index in [9.17, 15) is 9.59 Å². The first-order valence-corrected chi connectivity index (χ1v) is 3.50. The minimum Gasteiger partial charge on any atom is -0.289 e. The van der Waals surface area contributed by atoms with Gasteiger partial charge in [-0.25, -0.2) is 4.79 Å². The number of carbonyl (C=O) groups is 1. The monoisotopic (exact) mass is 171 g/mol. The Bertz CT molecular complexity index is 420. The van der Waals surface area contributed by atoms with Crippen LogP contribution in [0.4, 0.5) is 5.69 Å². The van der Waals surface area contributed by atoms with Crippen molar-refractivity contribution in [2.75, 3.05) is 0 Å². The van der Waals surface area contributed by atoms with Crippen molar-refractivity contribution in [3.63, 3.8) is 0 Å². The lowest BCUT2D eigenvalue weighted by atomic mass is 10.2. The Labute approximate surface area is 75.1 Å². The van der Waals surface area contributed by atoms with Crippen LogP contribution in [0.2, 0.25) is 0 Å². The van der Waals surface area contributed by atoms with Crippen molar-refractivity contribution >= 4 is 18.1 Å². The van der Waals surface area contributed by atoms with Crippen molar-refractivity contribution in [2.24, 2.45) is 4.99 Å². The van der Waals surface area contributed by atoms with E-state index in [2.05, 4.69) is 16.8 Å². The topological polar surface area (TPSA) is 46.5 Å². The Kier molecular flexibility index (Phi) is 3.20. The molecule has 0 aromatic heterocycles. The number of aliphatic imine (C=N–C) groups is 1. The maximum absolute atomic E-state index is 9.93. The zero-order chi connectivity index (χ0) is 9.52. The van der Waals surface area contributed by atoms with Crippen LogP contribution < -0.4 is 0 Å². The normalized spacial score (nSPS) is 7.69.